The summed E-state index contributed by atoms with van der Waals surface area (Å²) in [5.41, 5.74) is 0. The van der Waals surface area contributed by atoms with Gasteiger partial charge in [-0.2, -0.15) is 0 Å². The van der Waals surface area contributed by atoms with Crippen molar-refractivity contribution in [3.05, 3.63) is 0 Å². The summed E-state index contributed by atoms with van der Waals surface area (Å²) < 4.78 is 5.27. The van der Waals surface area contributed by atoms with Gasteiger partial charge in [0.05, 0.1) is 13.2 Å². The Labute approximate surface area is 110 Å². The average Bonchev–Trinajstić information content (AvgIpc) is 2.41. The van der Waals surface area contributed by atoms with Crippen molar-refractivity contribution in [2.75, 3.05) is 60.0 Å². The van der Waals surface area contributed by atoms with Crippen LogP contribution in [0.4, 0.5) is 4.79 Å². The van der Waals surface area contributed by atoms with Crippen molar-refractivity contribution in [1.29, 1.82) is 0 Å². The molecular formula is C13H25N3O2. The predicted molar refractivity (Wildman–Crippen MR) is 70.6 cm³/mol. The molecule has 5 heteroatoms. The zero-order valence-corrected chi connectivity index (χ0v) is 11.6. The summed E-state index contributed by atoms with van der Waals surface area (Å²) in [4.78, 5) is 18.4. The lowest BCUT2D eigenvalue weighted by atomic mass is 9.97. The molecule has 0 aromatic carbocycles. The second-order valence-electron chi connectivity index (χ2n) is 5.51. The maximum Gasteiger partial charge on any atom is 0.319 e. The molecule has 0 atom stereocenters. The van der Waals surface area contributed by atoms with Crippen molar-refractivity contribution in [3.63, 3.8) is 0 Å². The number of rotatable bonds is 2. The van der Waals surface area contributed by atoms with Gasteiger partial charge in [-0.05, 0) is 38.9 Å². The van der Waals surface area contributed by atoms with E-state index in [1.54, 1.807) is 0 Å². The fraction of sp³-hybridized carbons (Fsp3) is 0.923. The van der Waals surface area contributed by atoms with E-state index in [9.17, 15) is 4.79 Å². The summed E-state index contributed by atoms with van der Waals surface area (Å²) in [5, 5.41) is 0. The van der Waals surface area contributed by atoms with Crippen LogP contribution in [0.25, 0.3) is 0 Å². The molecule has 2 fully saturated rings. The van der Waals surface area contributed by atoms with Gasteiger partial charge in [-0.1, -0.05) is 0 Å². The topological polar surface area (TPSA) is 36.0 Å². The molecule has 0 N–H and O–H groups in total. The van der Waals surface area contributed by atoms with E-state index >= 15 is 0 Å². The van der Waals surface area contributed by atoms with E-state index in [1.165, 1.54) is 12.8 Å². The van der Waals surface area contributed by atoms with Crippen molar-refractivity contribution in [2.45, 2.75) is 12.8 Å². The van der Waals surface area contributed by atoms with Gasteiger partial charge in [0.1, 0.15) is 0 Å². The Morgan fingerprint density at radius 1 is 1.22 bits per heavy atom. The highest BCUT2D eigenvalue weighted by molar-refractivity contribution is 5.74. The summed E-state index contributed by atoms with van der Waals surface area (Å²) >= 11 is 0. The van der Waals surface area contributed by atoms with Crippen molar-refractivity contribution in [3.8, 4) is 0 Å². The number of hydrogen-bond donors (Lipinski definition) is 0. The number of piperidine rings is 1. The molecule has 2 amide bonds. The standard InChI is InChI=1S/C13H25N3O2/c1-14-5-3-12(4-6-14)11-15(2)13(17)16-7-9-18-10-8-16/h12H,3-11H2,1-2H3. The van der Waals surface area contributed by atoms with Gasteiger partial charge in [-0.3, -0.25) is 0 Å². The third-order valence-electron chi connectivity index (χ3n) is 3.98. The smallest absolute Gasteiger partial charge is 0.319 e. The molecule has 2 aliphatic rings. The van der Waals surface area contributed by atoms with E-state index in [2.05, 4.69) is 11.9 Å². The first-order chi connectivity index (χ1) is 8.66. The largest absolute Gasteiger partial charge is 0.378 e. The van der Waals surface area contributed by atoms with Crippen LogP contribution in [0.3, 0.4) is 0 Å². The highest BCUT2D eigenvalue weighted by Crippen LogP contribution is 2.17. The number of morpholine rings is 1. The minimum absolute atomic E-state index is 0.164. The Hall–Kier alpha value is -0.810. The Morgan fingerprint density at radius 2 is 1.83 bits per heavy atom. The van der Waals surface area contributed by atoms with Crippen LogP contribution in [0.5, 0.6) is 0 Å². The Bertz CT molecular complexity index is 271. The van der Waals surface area contributed by atoms with Crippen LogP contribution in [0.15, 0.2) is 0 Å². The van der Waals surface area contributed by atoms with E-state index in [-0.39, 0.29) is 6.03 Å². The molecule has 0 aromatic rings. The molecule has 2 rings (SSSR count). The molecule has 2 saturated heterocycles. The third-order valence-corrected chi connectivity index (χ3v) is 3.98. The van der Waals surface area contributed by atoms with Gasteiger partial charge in [-0.15, -0.1) is 0 Å². The lowest BCUT2D eigenvalue weighted by Crippen LogP contribution is -2.48. The van der Waals surface area contributed by atoms with Crippen LogP contribution in [-0.4, -0.2) is 80.8 Å². The number of carbonyl (C=O) groups excluding carboxylic acids is 1. The number of urea groups is 1. The molecule has 0 radical (unpaired) electrons. The molecule has 0 aliphatic carbocycles. The highest BCUT2D eigenvalue weighted by Gasteiger charge is 2.24. The third kappa shape index (κ3) is 3.59. The lowest BCUT2D eigenvalue weighted by molar-refractivity contribution is 0.0433. The molecule has 0 unspecified atom stereocenters. The maximum absolute atomic E-state index is 12.2. The molecule has 0 aromatic heterocycles. The summed E-state index contributed by atoms with van der Waals surface area (Å²) in [6, 6.07) is 0.164. The summed E-state index contributed by atoms with van der Waals surface area (Å²) in [6.07, 6.45) is 2.41. The van der Waals surface area contributed by atoms with Crippen molar-refractivity contribution < 1.29 is 9.53 Å². The first-order valence-corrected chi connectivity index (χ1v) is 6.93. The molecule has 0 saturated carbocycles. The van der Waals surface area contributed by atoms with Gasteiger partial charge < -0.3 is 19.4 Å². The number of likely N-dealkylation sites (tertiary alicyclic amines) is 1. The zero-order valence-electron chi connectivity index (χ0n) is 11.6. The molecule has 2 heterocycles. The monoisotopic (exact) mass is 255 g/mol. The fourth-order valence-corrected chi connectivity index (χ4v) is 2.71. The van der Waals surface area contributed by atoms with E-state index in [0.717, 1.165) is 32.7 Å². The maximum atomic E-state index is 12.2. The SMILES string of the molecule is CN1CCC(CN(C)C(=O)N2CCOCC2)CC1. The minimum atomic E-state index is 0.164. The zero-order chi connectivity index (χ0) is 13.0. The second kappa shape index (κ2) is 6.38. The number of carbonyl (C=O) groups is 1. The summed E-state index contributed by atoms with van der Waals surface area (Å²) in [5.74, 6) is 0.663. The highest BCUT2D eigenvalue weighted by atomic mass is 16.5. The first kappa shape index (κ1) is 13.6. The van der Waals surface area contributed by atoms with Gasteiger partial charge in [0.2, 0.25) is 0 Å². The predicted octanol–water partition coefficient (Wildman–Crippen LogP) is 0.712. The van der Waals surface area contributed by atoms with Gasteiger partial charge in [0.25, 0.3) is 0 Å². The number of amides is 2. The molecule has 18 heavy (non-hydrogen) atoms. The second-order valence-corrected chi connectivity index (χ2v) is 5.51. The van der Waals surface area contributed by atoms with Crippen LogP contribution in [0.2, 0.25) is 0 Å². The average molecular weight is 255 g/mol. The molecular weight excluding hydrogens is 230 g/mol. The normalized spacial score (nSPS) is 23.1. The van der Waals surface area contributed by atoms with Crippen molar-refractivity contribution in [2.24, 2.45) is 5.92 Å². The van der Waals surface area contributed by atoms with Gasteiger partial charge >= 0.3 is 6.03 Å². The van der Waals surface area contributed by atoms with Crippen LogP contribution in [0.1, 0.15) is 12.8 Å². The van der Waals surface area contributed by atoms with E-state index in [0.29, 0.717) is 19.1 Å². The number of nitrogens with zero attached hydrogens (tertiary/aromatic N) is 3. The summed E-state index contributed by atoms with van der Waals surface area (Å²) in [6.45, 7) is 6.02. The Kier molecular flexibility index (Phi) is 4.83. The lowest BCUT2D eigenvalue weighted by Gasteiger charge is -2.35. The number of hydrogen-bond acceptors (Lipinski definition) is 3. The van der Waals surface area contributed by atoms with E-state index < -0.39 is 0 Å². The van der Waals surface area contributed by atoms with Crippen molar-refractivity contribution >= 4 is 6.03 Å². The van der Waals surface area contributed by atoms with Gasteiger partial charge in [-0.25, -0.2) is 4.79 Å². The minimum Gasteiger partial charge on any atom is -0.378 e. The van der Waals surface area contributed by atoms with Gasteiger partial charge in [0, 0.05) is 26.7 Å². The Balaban J connectivity index is 1.76. The molecule has 2 aliphatic heterocycles. The van der Waals surface area contributed by atoms with E-state index in [4.69, 9.17) is 4.74 Å². The van der Waals surface area contributed by atoms with Crippen LogP contribution in [0, 0.1) is 5.92 Å². The summed E-state index contributed by atoms with van der Waals surface area (Å²) in [7, 11) is 4.09. The fourth-order valence-electron chi connectivity index (χ4n) is 2.71. The molecule has 5 nitrogen and oxygen atoms in total. The molecule has 104 valence electrons. The van der Waals surface area contributed by atoms with Crippen LogP contribution in [-0.2, 0) is 4.74 Å². The van der Waals surface area contributed by atoms with Crippen molar-refractivity contribution in [1.82, 2.24) is 14.7 Å². The van der Waals surface area contributed by atoms with Crippen LogP contribution < -0.4 is 0 Å². The quantitative estimate of drug-likeness (QED) is 0.729. The first-order valence-electron chi connectivity index (χ1n) is 6.93. The number of ether oxygens (including phenoxy) is 1. The van der Waals surface area contributed by atoms with Crippen LogP contribution >= 0.6 is 0 Å². The van der Waals surface area contributed by atoms with Gasteiger partial charge in [0.15, 0.2) is 0 Å². The molecule has 0 bridgehead atoms. The van der Waals surface area contributed by atoms with E-state index in [1.807, 2.05) is 16.8 Å². The Morgan fingerprint density at radius 3 is 2.44 bits per heavy atom. The molecule has 0 spiro atoms.